The Morgan fingerprint density at radius 3 is 2.57 bits per heavy atom. The molecule has 0 spiro atoms. The minimum Gasteiger partial charge on any atom is -0.455 e. The molecule has 4 heteroatoms. The van der Waals surface area contributed by atoms with E-state index in [1.807, 2.05) is 42.5 Å². The van der Waals surface area contributed by atoms with Crippen LogP contribution in [-0.4, -0.2) is 11.1 Å². The maximum atomic E-state index is 9.31. The molecule has 0 unspecified atom stereocenters. The first-order valence-electron chi connectivity index (χ1n) is 6.98. The molecule has 2 aromatic rings. The summed E-state index contributed by atoms with van der Waals surface area (Å²) < 4.78 is 5.80. The van der Waals surface area contributed by atoms with E-state index >= 15 is 0 Å². The Balaban J connectivity index is 2.14. The third-order valence-corrected chi connectivity index (χ3v) is 3.37. The van der Waals surface area contributed by atoms with Crippen molar-refractivity contribution in [3.8, 4) is 11.5 Å². The van der Waals surface area contributed by atoms with Gasteiger partial charge in [0.25, 0.3) is 0 Å². The molecule has 0 aliphatic heterocycles. The second-order valence-corrected chi connectivity index (χ2v) is 5.58. The minimum absolute atomic E-state index is 0.0653. The maximum Gasteiger partial charge on any atom is 0.146 e. The number of para-hydroxylation sites is 1. The van der Waals surface area contributed by atoms with Crippen LogP contribution in [0.1, 0.15) is 25.0 Å². The van der Waals surface area contributed by atoms with Crippen molar-refractivity contribution in [3.05, 3.63) is 58.6 Å². The summed E-state index contributed by atoms with van der Waals surface area (Å²) in [7, 11) is 0. The molecule has 0 aromatic heterocycles. The van der Waals surface area contributed by atoms with Gasteiger partial charge in [0.1, 0.15) is 11.5 Å². The summed E-state index contributed by atoms with van der Waals surface area (Å²) in [5.74, 6) is 1.21. The van der Waals surface area contributed by atoms with E-state index in [2.05, 4.69) is 19.2 Å². The number of nitrogens with one attached hydrogen (secondary N) is 1. The maximum absolute atomic E-state index is 9.31. The van der Waals surface area contributed by atoms with E-state index in [0.29, 0.717) is 22.6 Å². The van der Waals surface area contributed by atoms with Crippen LogP contribution in [0.5, 0.6) is 11.5 Å². The van der Waals surface area contributed by atoms with Crippen LogP contribution in [0.25, 0.3) is 0 Å². The van der Waals surface area contributed by atoms with Crippen LogP contribution < -0.4 is 10.1 Å². The van der Waals surface area contributed by atoms with E-state index in [1.165, 1.54) is 0 Å². The molecule has 0 fully saturated rings. The summed E-state index contributed by atoms with van der Waals surface area (Å²) in [4.78, 5) is 0. The summed E-state index contributed by atoms with van der Waals surface area (Å²) >= 11 is 6.27. The molecule has 0 saturated carbocycles. The van der Waals surface area contributed by atoms with Gasteiger partial charge in [0.05, 0.1) is 11.6 Å². The zero-order chi connectivity index (χ0) is 15.2. The lowest BCUT2D eigenvalue weighted by atomic mass is 10.2. The number of aliphatic hydroxyl groups excluding tert-OH is 1. The molecule has 0 heterocycles. The van der Waals surface area contributed by atoms with Crippen LogP contribution in [-0.2, 0) is 13.2 Å². The fourth-order valence-corrected chi connectivity index (χ4v) is 2.15. The topological polar surface area (TPSA) is 41.5 Å². The Hall–Kier alpha value is -1.55. The SMILES string of the molecule is CC(C)NCc1ccc(Oc2ccccc2CO)c(Cl)c1. The largest absolute Gasteiger partial charge is 0.455 e. The lowest BCUT2D eigenvalue weighted by Gasteiger charge is -2.13. The van der Waals surface area contributed by atoms with Gasteiger partial charge in [-0.3, -0.25) is 0 Å². The van der Waals surface area contributed by atoms with Crippen molar-refractivity contribution in [1.29, 1.82) is 0 Å². The molecule has 2 rings (SSSR count). The zero-order valence-electron chi connectivity index (χ0n) is 12.3. The highest BCUT2D eigenvalue weighted by Crippen LogP contribution is 2.31. The van der Waals surface area contributed by atoms with Crippen LogP contribution >= 0.6 is 11.6 Å². The Morgan fingerprint density at radius 2 is 1.90 bits per heavy atom. The van der Waals surface area contributed by atoms with Crippen LogP contribution in [0.2, 0.25) is 5.02 Å². The third-order valence-electron chi connectivity index (χ3n) is 3.07. The van der Waals surface area contributed by atoms with Crippen molar-refractivity contribution in [1.82, 2.24) is 5.32 Å². The van der Waals surface area contributed by atoms with E-state index in [9.17, 15) is 5.11 Å². The van der Waals surface area contributed by atoms with E-state index < -0.39 is 0 Å². The van der Waals surface area contributed by atoms with Crippen LogP contribution in [0, 0.1) is 0 Å². The Bertz CT molecular complexity index is 599. The molecule has 0 aliphatic rings. The quantitative estimate of drug-likeness (QED) is 0.843. The van der Waals surface area contributed by atoms with Crippen molar-refractivity contribution in [3.63, 3.8) is 0 Å². The standard InChI is InChI=1S/C17H20ClNO2/c1-12(2)19-10-13-7-8-17(15(18)9-13)21-16-6-4-3-5-14(16)11-20/h3-9,12,19-20H,10-11H2,1-2H3. The fraction of sp³-hybridized carbons (Fsp3) is 0.294. The molecule has 0 amide bonds. The zero-order valence-corrected chi connectivity index (χ0v) is 13.0. The number of hydrogen-bond acceptors (Lipinski definition) is 3. The van der Waals surface area contributed by atoms with E-state index in [4.69, 9.17) is 16.3 Å². The van der Waals surface area contributed by atoms with E-state index in [0.717, 1.165) is 17.7 Å². The number of aliphatic hydroxyl groups is 1. The van der Waals surface area contributed by atoms with Crippen LogP contribution in [0.15, 0.2) is 42.5 Å². The number of ether oxygens (including phenoxy) is 1. The van der Waals surface area contributed by atoms with Crippen LogP contribution in [0.4, 0.5) is 0 Å². The highest BCUT2D eigenvalue weighted by Gasteiger charge is 2.08. The summed E-state index contributed by atoms with van der Waals surface area (Å²) in [6, 6.07) is 13.5. The lowest BCUT2D eigenvalue weighted by Crippen LogP contribution is -2.21. The van der Waals surface area contributed by atoms with Crippen molar-refractivity contribution < 1.29 is 9.84 Å². The number of halogens is 1. The normalized spacial score (nSPS) is 10.9. The first-order valence-corrected chi connectivity index (χ1v) is 7.36. The molecule has 0 bridgehead atoms. The minimum atomic E-state index is -0.0653. The lowest BCUT2D eigenvalue weighted by molar-refractivity contribution is 0.276. The summed E-state index contributed by atoms with van der Waals surface area (Å²) in [5.41, 5.74) is 1.84. The van der Waals surface area contributed by atoms with Gasteiger partial charge >= 0.3 is 0 Å². The molecule has 0 aliphatic carbocycles. The monoisotopic (exact) mass is 305 g/mol. The van der Waals surface area contributed by atoms with Crippen molar-refractivity contribution in [2.45, 2.75) is 33.0 Å². The molecular weight excluding hydrogens is 286 g/mol. The fourth-order valence-electron chi connectivity index (χ4n) is 1.91. The summed E-state index contributed by atoms with van der Waals surface area (Å²) in [6.45, 7) is 4.91. The van der Waals surface area contributed by atoms with Crippen molar-refractivity contribution >= 4 is 11.6 Å². The van der Waals surface area contributed by atoms with Crippen molar-refractivity contribution in [2.75, 3.05) is 0 Å². The molecule has 2 N–H and O–H groups in total. The van der Waals surface area contributed by atoms with Gasteiger partial charge in [-0.25, -0.2) is 0 Å². The van der Waals surface area contributed by atoms with Gasteiger partial charge < -0.3 is 15.2 Å². The second kappa shape index (κ2) is 7.46. The first kappa shape index (κ1) is 15.8. The number of benzene rings is 2. The molecule has 0 saturated heterocycles. The van der Waals surface area contributed by atoms with E-state index in [-0.39, 0.29) is 6.61 Å². The number of rotatable bonds is 6. The van der Waals surface area contributed by atoms with Gasteiger partial charge in [-0.15, -0.1) is 0 Å². The van der Waals surface area contributed by atoms with Crippen molar-refractivity contribution in [2.24, 2.45) is 0 Å². The van der Waals surface area contributed by atoms with Gasteiger partial charge in [-0.2, -0.15) is 0 Å². The molecular formula is C17H20ClNO2. The average Bonchev–Trinajstić information content (AvgIpc) is 2.48. The van der Waals surface area contributed by atoms with Gasteiger partial charge in [0.15, 0.2) is 0 Å². The third kappa shape index (κ3) is 4.46. The number of hydrogen-bond donors (Lipinski definition) is 2. The van der Waals surface area contributed by atoms with E-state index in [1.54, 1.807) is 0 Å². The van der Waals surface area contributed by atoms with Crippen LogP contribution in [0.3, 0.4) is 0 Å². The predicted molar refractivity (Wildman–Crippen MR) is 85.9 cm³/mol. The molecule has 21 heavy (non-hydrogen) atoms. The molecule has 0 radical (unpaired) electrons. The summed E-state index contributed by atoms with van der Waals surface area (Å²) in [5, 5.41) is 13.2. The Labute approximate surface area is 130 Å². The molecule has 0 atom stereocenters. The van der Waals surface area contributed by atoms with Gasteiger partial charge in [-0.05, 0) is 23.8 Å². The molecule has 2 aromatic carbocycles. The predicted octanol–water partition coefficient (Wildman–Crippen LogP) is 4.12. The van der Waals surface area contributed by atoms with Gasteiger partial charge in [-0.1, -0.05) is 49.7 Å². The second-order valence-electron chi connectivity index (χ2n) is 5.17. The molecule has 3 nitrogen and oxygen atoms in total. The molecule has 112 valence electrons. The highest BCUT2D eigenvalue weighted by atomic mass is 35.5. The summed E-state index contributed by atoms with van der Waals surface area (Å²) in [6.07, 6.45) is 0. The average molecular weight is 306 g/mol. The first-order chi connectivity index (χ1) is 10.1. The highest BCUT2D eigenvalue weighted by molar-refractivity contribution is 6.32. The van der Waals surface area contributed by atoms with Gasteiger partial charge in [0.2, 0.25) is 0 Å². The smallest absolute Gasteiger partial charge is 0.146 e. The Kier molecular flexibility index (Phi) is 5.62. The Morgan fingerprint density at radius 1 is 1.14 bits per heavy atom. The van der Waals surface area contributed by atoms with Gasteiger partial charge in [0, 0.05) is 18.2 Å².